The van der Waals surface area contributed by atoms with Gasteiger partial charge in [-0.1, -0.05) is 29.4 Å². The minimum absolute atomic E-state index is 0.0593. The lowest BCUT2D eigenvalue weighted by Crippen LogP contribution is -1.99. The van der Waals surface area contributed by atoms with Crippen LogP contribution >= 0.6 is 34.7 Å². The van der Waals surface area contributed by atoms with Crippen molar-refractivity contribution in [1.82, 2.24) is 4.98 Å². The minimum atomic E-state index is -0.938. The smallest absolute Gasteiger partial charge is 0.308 e. The Morgan fingerprint density at radius 3 is 2.90 bits per heavy atom. The Morgan fingerprint density at radius 2 is 2.29 bits per heavy atom. The molecule has 1 heterocycles. The molecule has 0 unspecified atom stereocenters. The van der Waals surface area contributed by atoms with Crippen LogP contribution in [0.4, 0.5) is 5.69 Å². The van der Waals surface area contributed by atoms with E-state index in [2.05, 4.69) is 4.98 Å². The second kappa shape index (κ2) is 6.42. The fourth-order valence-corrected chi connectivity index (χ4v) is 4.21. The van der Waals surface area contributed by atoms with Crippen LogP contribution in [-0.2, 0) is 11.2 Å². The molecule has 2 aromatic rings. The number of thiazole rings is 1. The highest BCUT2D eigenvalue weighted by atomic mass is 35.5. The number of carboxylic acid groups (broad SMARTS) is 1. The molecule has 110 valence electrons. The van der Waals surface area contributed by atoms with E-state index in [0.717, 1.165) is 11.8 Å². The molecule has 0 amide bonds. The molecule has 0 aliphatic heterocycles. The van der Waals surface area contributed by atoms with Gasteiger partial charge >= 0.3 is 11.7 Å². The number of hydrogen-bond acceptors (Lipinski definition) is 6. The first-order valence-corrected chi connectivity index (χ1v) is 7.68. The highest BCUT2D eigenvalue weighted by Gasteiger charge is 2.21. The number of benzene rings is 1. The summed E-state index contributed by atoms with van der Waals surface area (Å²) in [5, 5.41) is 19.9. The second-order valence-corrected chi connectivity index (χ2v) is 6.78. The van der Waals surface area contributed by atoms with Crippen LogP contribution in [0.25, 0.3) is 0 Å². The summed E-state index contributed by atoms with van der Waals surface area (Å²) in [5.41, 5.74) is 0.450. The first-order valence-electron chi connectivity index (χ1n) is 5.67. The number of para-hydroxylation sites is 1. The van der Waals surface area contributed by atoms with Crippen molar-refractivity contribution < 1.29 is 14.8 Å². The van der Waals surface area contributed by atoms with Gasteiger partial charge in [-0.15, -0.1) is 11.3 Å². The summed E-state index contributed by atoms with van der Waals surface area (Å²) in [7, 11) is 0. The van der Waals surface area contributed by atoms with Crippen molar-refractivity contribution in [2.45, 2.75) is 22.6 Å². The maximum Gasteiger partial charge on any atom is 0.308 e. The maximum absolute atomic E-state index is 11.1. The molecule has 9 heteroatoms. The highest BCUT2D eigenvalue weighted by Crippen LogP contribution is 2.40. The number of aryl methyl sites for hydroxylation is 1. The number of carboxylic acids is 1. The molecule has 0 saturated heterocycles. The van der Waals surface area contributed by atoms with Crippen molar-refractivity contribution in [3.8, 4) is 0 Å². The zero-order chi connectivity index (χ0) is 15.6. The van der Waals surface area contributed by atoms with Crippen LogP contribution < -0.4 is 0 Å². The molecule has 0 fully saturated rings. The quantitative estimate of drug-likeness (QED) is 0.655. The van der Waals surface area contributed by atoms with Gasteiger partial charge in [-0.25, -0.2) is 4.98 Å². The number of nitro benzene ring substituents is 1. The monoisotopic (exact) mass is 344 g/mol. The molecule has 1 N–H and O–H groups in total. The molecular weight excluding hydrogens is 336 g/mol. The normalized spacial score (nSPS) is 10.6. The highest BCUT2D eigenvalue weighted by molar-refractivity contribution is 8.01. The number of halogens is 1. The Balaban J connectivity index is 2.33. The molecule has 0 aliphatic rings. The molecule has 0 spiro atoms. The van der Waals surface area contributed by atoms with E-state index in [1.807, 2.05) is 0 Å². The lowest BCUT2D eigenvalue weighted by atomic mass is 10.3. The fraction of sp³-hybridized carbons (Fsp3) is 0.167. The first-order chi connectivity index (χ1) is 9.88. The van der Waals surface area contributed by atoms with Crippen molar-refractivity contribution in [3.63, 3.8) is 0 Å². The van der Waals surface area contributed by atoms with Gasteiger partial charge in [0.25, 0.3) is 0 Å². The lowest BCUT2D eigenvalue weighted by Gasteiger charge is -2.01. The zero-order valence-electron chi connectivity index (χ0n) is 10.7. The molecule has 0 aliphatic carbocycles. The summed E-state index contributed by atoms with van der Waals surface area (Å²) in [6.07, 6.45) is -0.109. The van der Waals surface area contributed by atoms with Crippen LogP contribution in [0.5, 0.6) is 0 Å². The molecule has 0 atom stereocenters. The Hall–Kier alpha value is -1.64. The largest absolute Gasteiger partial charge is 0.481 e. The van der Waals surface area contributed by atoms with Crippen molar-refractivity contribution >= 4 is 46.4 Å². The van der Waals surface area contributed by atoms with Gasteiger partial charge in [-0.3, -0.25) is 14.9 Å². The summed E-state index contributed by atoms with van der Waals surface area (Å²) in [6.45, 7) is 1.71. The second-order valence-electron chi connectivity index (χ2n) is 4.00. The van der Waals surface area contributed by atoms with Gasteiger partial charge in [-0.05, 0) is 19.1 Å². The summed E-state index contributed by atoms with van der Waals surface area (Å²) in [6, 6.07) is 4.66. The molecule has 21 heavy (non-hydrogen) atoms. The average molecular weight is 345 g/mol. The molecule has 0 saturated carbocycles. The Kier molecular flexibility index (Phi) is 4.81. The van der Waals surface area contributed by atoms with Crippen molar-refractivity contribution in [2.24, 2.45) is 0 Å². The predicted octanol–water partition coefficient (Wildman–Crippen LogP) is 3.79. The number of aliphatic carboxylic acids is 1. The van der Waals surface area contributed by atoms with Crippen LogP contribution in [0.3, 0.4) is 0 Å². The topological polar surface area (TPSA) is 93.3 Å². The lowest BCUT2D eigenvalue weighted by molar-refractivity contribution is -0.387. The van der Waals surface area contributed by atoms with Crippen molar-refractivity contribution in [3.05, 3.63) is 43.9 Å². The van der Waals surface area contributed by atoms with Gasteiger partial charge in [0.1, 0.15) is 5.02 Å². The van der Waals surface area contributed by atoms with Gasteiger partial charge in [0, 0.05) is 4.88 Å². The van der Waals surface area contributed by atoms with Crippen LogP contribution in [0.15, 0.2) is 27.4 Å². The van der Waals surface area contributed by atoms with Gasteiger partial charge in [0.15, 0.2) is 4.34 Å². The molecule has 1 aromatic heterocycles. The number of hydrogen-bond donors (Lipinski definition) is 1. The molecule has 1 aromatic carbocycles. The summed E-state index contributed by atoms with van der Waals surface area (Å²) >= 11 is 8.17. The third-order valence-corrected chi connectivity index (χ3v) is 5.09. The van der Waals surface area contributed by atoms with E-state index in [1.165, 1.54) is 17.4 Å². The number of rotatable bonds is 5. The zero-order valence-corrected chi connectivity index (χ0v) is 13.1. The number of nitrogens with zero attached hydrogens (tertiary/aromatic N) is 2. The van der Waals surface area contributed by atoms with E-state index in [9.17, 15) is 14.9 Å². The van der Waals surface area contributed by atoms with Crippen molar-refractivity contribution in [1.29, 1.82) is 0 Å². The summed E-state index contributed by atoms with van der Waals surface area (Å²) in [5.74, 6) is -0.938. The molecule has 0 bridgehead atoms. The maximum atomic E-state index is 11.1. The van der Waals surface area contributed by atoms with Crippen molar-refractivity contribution in [2.75, 3.05) is 0 Å². The molecule has 2 rings (SSSR count). The van der Waals surface area contributed by atoms with E-state index in [1.54, 1.807) is 19.1 Å². The number of aromatic nitrogens is 1. The molecule has 6 nitrogen and oxygen atoms in total. The van der Waals surface area contributed by atoms with E-state index in [0.29, 0.717) is 19.8 Å². The number of nitro groups is 1. The Labute approximate surface area is 132 Å². The van der Waals surface area contributed by atoms with E-state index in [4.69, 9.17) is 16.7 Å². The average Bonchev–Trinajstić information content (AvgIpc) is 2.68. The van der Waals surface area contributed by atoms with Gasteiger partial charge < -0.3 is 5.11 Å². The van der Waals surface area contributed by atoms with E-state index >= 15 is 0 Å². The third kappa shape index (κ3) is 3.72. The predicted molar refractivity (Wildman–Crippen MR) is 80.4 cm³/mol. The Bertz CT molecular complexity index is 717. The van der Waals surface area contributed by atoms with Crippen LogP contribution in [0, 0.1) is 17.0 Å². The Morgan fingerprint density at radius 1 is 1.57 bits per heavy atom. The van der Waals surface area contributed by atoms with Crippen LogP contribution in [-0.4, -0.2) is 21.0 Å². The van der Waals surface area contributed by atoms with E-state index in [-0.39, 0.29) is 17.1 Å². The number of carbonyl (C=O) groups is 1. The first kappa shape index (κ1) is 15.7. The van der Waals surface area contributed by atoms with Crippen LogP contribution in [0.2, 0.25) is 5.02 Å². The van der Waals surface area contributed by atoms with Crippen LogP contribution in [0.1, 0.15) is 10.6 Å². The standard InChI is InChI=1S/C12H9ClN2O4S2/c1-6-9(5-10(16)17)21-12(14-6)20-8-4-2-3-7(13)11(8)15(18)19/h2-4H,5H2,1H3,(H,16,17). The molecule has 0 radical (unpaired) electrons. The third-order valence-electron chi connectivity index (χ3n) is 2.51. The SMILES string of the molecule is Cc1nc(Sc2cccc(Cl)c2[N+](=O)[O-])sc1CC(=O)O. The fourth-order valence-electron chi connectivity index (χ4n) is 1.60. The van der Waals surface area contributed by atoms with Gasteiger partial charge in [0.05, 0.1) is 21.9 Å². The van der Waals surface area contributed by atoms with E-state index < -0.39 is 10.9 Å². The minimum Gasteiger partial charge on any atom is -0.481 e. The summed E-state index contributed by atoms with van der Waals surface area (Å²) in [4.78, 5) is 26.5. The molecular formula is C12H9ClN2O4S2. The van der Waals surface area contributed by atoms with Gasteiger partial charge in [-0.2, -0.15) is 0 Å². The van der Waals surface area contributed by atoms with Gasteiger partial charge in [0.2, 0.25) is 0 Å². The summed E-state index contributed by atoms with van der Waals surface area (Å²) < 4.78 is 0.550.